The number of hydrogen-bond acceptors (Lipinski definition) is 3. The number of urea groups is 1. The molecule has 100 valence electrons. The maximum Gasteiger partial charge on any atom is 0.319 e. The Bertz CT molecular complexity index is 266. The fourth-order valence-electron chi connectivity index (χ4n) is 1.70. The smallest absolute Gasteiger partial charge is 0.319 e. The molecule has 1 fully saturated rings. The fraction of sp³-hybridized carbons (Fsp3) is 0.800. The molecule has 0 saturated carbocycles. The summed E-state index contributed by atoms with van der Waals surface area (Å²) in [5.41, 5.74) is 0. The van der Waals surface area contributed by atoms with E-state index in [1.807, 2.05) is 0 Å². The zero-order valence-electron chi connectivity index (χ0n) is 10.3. The maximum absolute atomic E-state index is 11.6. The molecule has 17 heavy (non-hydrogen) atoms. The molecule has 6 nitrogen and oxygen atoms in total. The van der Waals surface area contributed by atoms with Crippen LogP contribution in [0.25, 0.3) is 0 Å². The van der Waals surface area contributed by atoms with E-state index in [-0.39, 0.29) is 24.9 Å². The highest BCUT2D eigenvalue weighted by atomic mass is 35.5. The predicted molar refractivity (Wildman–Crippen MR) is 66.6 cm³/mol. The van der Waals surface area contributed by atoms with Gasteiger partial charge in [-0.2, -0.15) is 0 Å². The number of amides is 2. The first kappa shape index (κ1) is 16.0. The number of halogens is 1. The number of carbonyl (C=O) groups excluding carboxylic acids is 1. The van der Waals surface area contributed by atoms with Crippen molar-refractivity contribution in [3.05, 3.63) is 0 Å². The number of piperazine rings is 1. The molecule has 0 radical (unpaired) electrons. The summed E-state index contributed by atoms with van der Waals surface area (Å²) in [6.07, 6.45) is 0.168. The molecule has 0 aromatic heterocycles. The minimum Gasteiger partial charge on any atom is -0.481 e. The van der Waals surface area contributed by atoms with Gasteiger partial charge in [0, 0.05) is 46.8 Å². The highest BCUT2D eigenvalue weighted by molar-refractivity contribution is 5.85. The van der Waals surface area contributed by atoms with Crippen LogP contribution >= 0.6 is 12.4 Å². The molecule has 0 aliphatic carbocycles. The zero-order valence-corrected chi connectivity index (χ0v) is 11.1. The molecule has 0 bridgehead atoms. The van der Waals surface area contributed by atoms with Crippen LogP contribution in [-0.2, 0) is 4.79 Å². The van der Waals surface area contributed by atoms with Crippen molar-refractivity contribution >= 4 is 24.4 Å². The number of carboxylic acid groups (broad SMARTS) is 1. The Balaban J connectivity index is 0.00000256. The van der Waals surface area contributed by atoms with Crippen molar-refractivity contribution in [1.29, 1.82) is 0 Å². The lowest BCUT2D eigenvalue weighted by molar-refractivity contribution is -0.137. The van der Waals surface area contributed by atoms with Crippen molar-refractivity contribution in [3.63, 3.8) is 0 Å². The predicted octanol–water partition coefficient (Wildman–Crippen LogP) is 0.182. The first-order valence-electron chi connectivity index (χ1n) is 5.41. The maximum atomic E-state index is 11.6. The van der Waals surface area contributed by atoms with Gasteiger partial charge < -0.3 is 14.9 Å². The van der Waals surface area contributed by atoms with E-state index in [0.29, 0.717) is 19.6 Å². The van der Waals surface area contributed by atoms with E-state index in [4.69, 9.17) is 5.11 Å². The lowest BCUT2D eigenvalue weighted by Crippen LogP contribution is -2.51. The highest BCUT2D eigenvalue weighted by Crippen LogP contribution is 2.04. The quantitative estimate of drug-likeness (QED) is 0.791. The first-order chi connectivity index (χ1) is 7.50. The van der Waals surface area contributed by atoms with Crippen LogP contribution in [0.4, 0.5) is 4.79 Å². The average molecular weight is 266 g/mol. The van der Waals surface area contributed by atoms with Crippen molar-refractivity contribution in [2.75, 3.05) is 46.8 Å². The van der Waals surface area contributed by atoms with Crippen molar-refractivity contribution < 1.29 is 14.7 Å². The van der Waals surface area contributed by atoms with Gasteiger partial charge in [0.1, 0.15) is 0 Å². The Morgan fingerprint density at radius 2 is 1.71 bits per heavy atom. The topological polar surface area (TPSA) is 64.1 Å². The molecule has 7 heteroatoms. The van der Waals surface area contributed by atoms with Gasteiger partial charge in [-0.05, 0) is 0 Å². The summed E-state index contributed by atoms with van der Waals surface area (Å²) in [5.74, 6) is -0.771. The van der Waals surface area contributed by atoms with Gasteiger partial charge in [-0.15, -0.1) is 12.4 Å². The molecule has 0 spiro atoms. The van der Waals surface area contributed by atoms with Crippen LogP contribution < -0.4 is 0 Å². The van der Waals surface area contributed by atoms with E-state index >= 15 is 0 Å². The third-order valence-corrected chi connectivity index (χ3v) is 2.67. The van der Waals surface area contributed by atoms with E-state index < -0.39 is 5.97 Å². The van der Waals surface area contributed by atoms with Gasteiger partial charge in [-0.3, -0.25) is 9.69 Å². The lowest BCUT2D eigenvalue weighted by Gasteiger charge is -2.35. The zero-order chi connectivity index (χ0) is 12.1. The van der Waals surface area contributed by atoms with Gasteiger partial charge >= 0.3 is 12.0 Å². The second kappa shape index (κ2) is 7.34. The van der Waals surface area contributed by atoms with E-state index in [9.17, 15) is 9.59 Å². The molecule has 1 saturated heterocycles. The molecular weight excluding hydrogens is 246 g/mol. The van der Waals surface area contributed by atoms with Crippen molar-refractivity contribution in [1.82, 2.24) is 14.7 Å². The SMILES string of the molecule is CN(C)C(=O)N1CCN(CCC(=O)O)CC1.Cl. The van der Waals surface area contributed by atoms with E-state index in [0.717, 1.165) is 13.1 Å². The lowest BCUT2D eigenvalue weighted by atomic mass is 10.3. The summed E-state index contributed by atoms with van der Waals surface area (Å²) in [5, 5.41) is 8.56. The van der Waals surface area contributed by atoms with Crippen LogP contribution in [-0.4, -0.2) is 78.6 Å². The van der Waals surface area contributed by atoms with Gasteiger partial charge in [-0.25, -0.2) is 4.79 Å². The summed E-state index contributed by atoms with van der Waals surface area (Å²) >= 11 is 0. The van der Waals surface area contributed by atoms with Crippen LogP contribution in [0.2, 0.25) is 0 Å². The van der Waals surface area contributed by atoms with Gasteiger partial charge in [0.05, 0.1) is 6.42 Å². The molecular formula is C10H20ClN3O3. The minimum atomic E-state index is -0.771. The normalized spacial score (nSPS) is 16.2. The molecule has 1 N–H and O–H groups in total. The highest BCUT2D eigenvalue weighted by Gasteiger charge is 2.21. The summed E-state index contributed by atoms with van der Waals surface area (Å²) in [6.45, 7) is 3.44. The van der Waals surface area contributed by atoms with Gasteiger partial charge in [0.2, 0.25) is 0 Å². The molecule has 1 aliphatic heterocycles. The van der Waals surface area contributed by atoms with E-state index in [1.54, 1.807) is 23.9 Å². The molecule has 0 unspecified atom stereocenters. The number of aliphatic carboxylic acids is 1. The van der Waals surface area contributed by atoms with Crippen LogP contribution in [0.15, 0.2) is 0 Å². The second-order valence-electron chi connectivity index (χ2n) is 4.15. The van der Waals surface area contributed by atoms with E-state index in [2.05, 4.69) is 4.90 Å². The molecule has 1 aliphatic rings. The Kier molecular flexibility index (Phi) is 6.91. The number of rotatable bonds is 3. The monoisotopic (exact) mass is 265 g/mol. The molecule has 1 rings (SSSR count). The Labute approximate surface area is 108 Å². The second-order valence-corrected chi connectivity index (χ2v) is 4.15. The van der Waals surface area contributed by atoms with Crippen LogP contribution in [0.1, 0.15) is 6.42 Å². The third kappa shape index (κ3) is 5.23. The summed E-state index contributed by atoms with van der Waals surface area (Å²) < 4.78 is 0. The van der Waals surface area contributed by atoms with Crippen molar-refractivity contribution in [2.45, 2.75) is 6.42 Å². The van der Waals surface area contributed by atoms with Gasteiger partial charge in [0.15, 0.2) is 0 Å². The molecule has 0 atom stereocenters. The Morgan fingerprint density at radius 3 is 2.12 bits per heavy atom. The largest absolute Gasteiger partial charge is 0.481 e. The van der Waals surface area contributed by atoms with Crippen LogP contribution in [0.5, 0.6) is 0 Å². The number of carboxylic acids is 1. The molecule has 2 amide bonds. The Morgan fingerprint density at radius 1 is 1.18 bits per heavy atom. The van der Waals surface area contributed by atoms with Gasteiger partial charge in [0.25, 0.3) is 0 Å². The third-order valence-electron chi connectivity index (χ3n) is 2.67. The summed E-state index contributed by atoms with van der Waals surface area (Å²) in [6, 6.07) is 0.0258. The van der Waals surface area contributed by atoms with Crippen LogP contribution in [0.3, 0.4) is 0 Å². The minimum absolute atomic E-state index is 0. The van der Waals surface area contributed by atoms with Crippen molar-refractivity contribution in [3.8, 4) is 0 Å². The fourth-order valence-corrected chi connectivity index (χ4v) is 1.70. The molecule has 0 aromatic rings. The summed E-state index contributed by atoms with van der Waals surface area (Å²) in [7, 11) is 3.47. The standard InChI is InChI=1S/C10H19N3O3.ClH/c1-11(2)10(16)13-7-5-12(6-8-13)4-3-9(14)15;/h3-8H2,1-2H3,(H,14,15);1H. The van der Waals surface area contributed by atoms with Crippen LogP contribution in [0, 0.1) is 0 Å². The molecule has 1 heterocycles. The van der Waals surface area contributed by atoms with Gasteiger partial charge in [-0.1, -0.05) is 0 Å². The Hall–Kier alpha value is -1.01. The first-order valence-corrected chi connectivity index (χ1v) is 5.41. The summed E-state index contributed by atoms with van der Waals surface area (Å²) in [4.78, 5) is 27.4. The number of nitrogens with zero attached hydrogens (tertiary/aromatic N) is 3. The average Bonchev–Trinajstić information content (AvgIpc) is 2.26. The number of carbonyl (C=O) groups is 2. The van der Waals surface area contributed by atoms with E-state index in [1.165, 1.54) is 0 Å². The molecule has 0 aromatic carbocycles. The van der Waals surface area contributed by atoms with Crippen molar-refractivity contribution in [2.24, 2.45) is 0 Å². The number of hydrogen-bond donors (Lipinski definition) is 1.